The molecule has 0 unspecified atom stereocenters. The maximum absolute atomic E-state index is 12.2. The maximum atomic E-state index is 12.2. The van der Waals surface area contributed by atoms with E-state index in [9.17, 15) is 4.79 Å². The first-order valence-corrected chi connectivity index (χ1v) is 8.19. The van der Waals surface area contributed by atoms with Gasteiger partial charge in [0.15, 0.2) is 0 Å². The summed E-state index contributed by atoms with van der Waals surface area (Å²) in [6, 6.07) is 5.27. The molecule has 1 aromatic carbocycles. The number of nitrogens with one attached hydrogen (secondary N) is 1. The Labute approximate surface area is 129 Å². The van der Waals surface area contributed by atoms with Crippen LogP contribution in [0.3, 0.4) is 0 Å². The lowest BCUT2D eigenvalue weighted by Crippen LogP contribution is -2.47. The quantitative estimate of drug-likeness (QED) is 0.748. The van der Waals surface area contributed by atoms with Gasteiger partial charge in [-0.25, -0.2) is 0 Å². The molecule has 1 amide bonds. The van der Waals surface area contributed by atoms with E-state index in [1.807, 2.05) is 0 Å². The average molecular weight is 396 g/mol. The second-order valence-corrected chi connectivity index (χ2v) is 6.53. The second-order valence-electron chi connectivity index (χ2n) is 4.70. The molecular formula is C13H14Br2ClNO. The summed E-state index contributed by atoms with van der Waals surface area (Å²) in [6.07, 6.45) is 4.42. The Morgan fingerprint density at radius 1 is 1.39 bits per heavy atom. The van der Waals surface area contributed by atoms with Crippen molar-refractivity contribution in [3.8, 4) is 0 Å². The van der Waals surface area contributed by atoms with Crippen molar-refractivity contribution in [2.75, 3.05) is 5.33 Å². The second kappa shape index (κ2) is 5.93. The van der Waals surface area contributed by atoms with E-state index >= 15 is 0 Å². The molecule has 18 heavy (non-hydrogen) atoms. The molecule has 1 N–H and O–H groups in total. The van der Waals surface area contributed by atoms with Crippen LogP contribution in [0.4, 0.5) is 0 Å². The predicted molar refractivity (Wildman–Crippen MR) is 81.6 cm³/mol. The zero-order valence-corrected chi connectivity index (χ0v) is 13.7. The molecule has 1 fully saturated rings. The fraction of sp³-hybridized carbons (Fsp3) is 0.462. The molecule has 1 saturated carbocycles. The summed E-state index contributed by atoms with van der Waals surface area (Å²) < 4.78 is 0.803. The number of rotatable bonds is 3. The largest absolute Gasteiger partial charge is 0.346 e. The SMILES string of the molecule is O=C(NC1(CBr)CCCC1)c1ccc(Br)c(Cl)c1. The van der Waals surface area contributed by atoms with Crippen LogP contribution >= 0.6 is 43.5 Å². The Morgan fingerprint density at radius 2 is 2.06 bits per heavy atom. The molecule has 2 nitrogen and oxygen atoms in total. The van der Waals surface area contributed by atoms with Gasteiger partial charge in [0, 0.05) is 15.4 Å². The van der Waals surface area contributed by atoms with Gasteiger partial charge in [0.2, 0.25) is 0 Å². The average Bonchev–Trinajstić information content (AvgIpc) is 2.82. The minimum absolute atomic E-state index is 0.0502. The van der Waals surface area contributed by atoms with Gasteiger partial charge in [-0.1, -0.05) is 40.4 Å². The van der Waals surface area contributed by atoms with E-state index in [4.69, 9.17) is 11.6 Å². The fourth-order valence-electron chi connectivity index (χ4n) is 2.29. The number of alkyl halides is 1. The van der Waals surface area contributed by atoms with Crippen molar-refractivity contribution in [1.82, 2.24) is 5.32 Å². The third-order valence-corrected chi connectivity index (χ3v) is 5.68. The van der Waals surface area contributed by atoms with Gasteiger partial charge in [-0.3, -0.25) is 4.79 Å². The standard InChI is InChI=1S/C13H14Br2ClNO/c14-8-13(5-1-2-6-13)17-12(18)9-3-4-10(15)11(16)7-9/h3-4,7H,1-2,5-6,8H2,(H,17,18). The smallest absolute Gasteiger partial charge is 0.251 e. The summed E-state index contributed by atoms with van der Waals surface area (Å²) in [7, 11) is 0. The Hall–Kier alpha value is -0.0600. The predicted octanol–water partition coefficient (Wildman–Crippen LogP) is 4.54. The molecule has 0 aliphatic heterocycles. The Bertz CT molecular complexity index is 458. The van der Waals surface area contributed by atoms with Gasteiger partial charge in [-0.15, -0.1) is 0 Å². The number of carbonyl (C=O) groups is 1. The van der Waals surface area contributed by atoms with Crippen LogP contribution in [-0.4, -0.2) is 16.8 Å². The van der Waals surface area contributed by atoms with Crippen molar-refractivity contribution in [2.45, 2.75) is 31.2 Å². The first-order valence-electron chi connectivity index (χ1n) is 5.90. The van der Waals surface area contributed by atoms with Crippen LogP contribution in [0.2, 0.25) is 5.02 Å². The van der Waals surface area contributed by atoms with Crippen LogP contribution in [0.15, 0.2) is 22.7 Å². The molecule has 0 atom stereocenters. The van der Waals surface area contributed by atoms with Crippen molar-refractivity contribution in [3.63, 3.8) is 0 Å². The van der Waals surface area contributed by atoms with Gasteiger partial charge < -0.3 is 5.32 Å². The van der Waals surface area contributed by atoms with Crippen molar-refractivity contribution in [2.24, 2.45) is 0 Å². The van der Waals surface area contributed by atoms with Crippen molar-refractivity contribution < 1.29 is 4.79 Å². The fourth-order valence-corrected chi connectivity index (χ4v) is 3.42. The molecular weight excluding hydrogens is 381 g/mol. The summed E-state index contributed by atoms with van der Waals surface area (Å²) in [5.41, 5.74) is 0.520. The van der Waals surface area contributed by atoms with Crippen LogP contribution in [0.25, 0.3) is 0 Å². The highest BCUT2D eigenvalue weighted by Gasteiger charge is 2.34. The summed E-state index contributed by atoms with van der Waals surface area (Å²) in [5.74, 6) is -0.0502. The van der Waals surface area contributed by atoms with Gasteiger partial charge in [0.1, 0.15) is 0 Å². The van der Waals surface area contributed by atoms with E-state index in [-0.39, 0.29) is 11.4 Å². The minimum atomic E-state index is -0.0867. The monoisotopic (exact) mass is 393 g/mol. The van der Waals surface area contributed by atoms with Crippen molar-refractivity contribution >= 4 is 49.4 Å². The highest BCUT2D eigenvalue weighted by atomic mass is 79.9. The lowest BCUT2D eigenvalue weighted by molar-refractivity contribution is 0.0910. The number of carbonyl (C=O) groups excluding carboxylic acids is 1. The van der Waals surface area contributed by atoms with Crippen LogP contribution in [0.5, 0.6) is 0 Å². The Kier molecular flexibility index (Phi) is 4.73. The van der Waals surface area contributed by atoms with E-state index in [1.165, 1.54) is 12.8 Å². The summed E-state index contributed by atoms with van der Waals surface area (Å²) in [4.78, 5) is 12.2. The van der Waals surface area contributed by atoms with E-state index in [0.717, 1.165) is 22.6 Å². The third kappa shape index (κ3) is 3.09. The van der Waals surface area contributed by atoms with E-state index in [1.54, 1.807) is 18.2 Å². The molecule has 0 spiro atoms. The highest BCUT2D eigenvalue weighted by molar-refractivity contribution is 9.10. The number of halogens is 3. The highest BCUT2D eigenvalue weighted by Crippen LogP contribution is 2.32. The van der Waals surface area contributed by atoms with Gasteiger partial charge in [-0.05, 0) is 47.0 Å². The first kappa shape index (κ1) is 14.4. The molecule has 0 heterocycles. The van der Waals surface area contributed by atoms with Gasteiger partial charge in [0.05, 0.1) is 10.6 Å². The molecule has 0 aromatic heterocycles. The number of benzene rings is 1. The van der Waals surface area contributed by atoms with E-state index in [0.29, 0.717) is 10.6 Å². The molecule has 1 aliphatic rings. The summed E-state index contributed by atoms with van der Waals surface area (Å²) in [5, 5.41) is 4.50. The molecule has 98 valence electrons. The van der Waals surface area contributed by atoms with Crippen LogP contribution in [0, 0.1) is 0 Å². The first-order chi connectivity index (χ1) is 8.56. The van der Waals surface area contributed by atoms with E-state index in [2.05, 4.69) is 37.2 Å². The molecule has 5 heteroatoms. The Balaban J connectivity index is 2.13. The van der Waals surface area contributed by atoms with Crippen LogP contribution in [0.1, 0.15) is 36.0 Å². The number of hydrogen-bond acceptors (Lipinski definition) is 1. The topological polar surface area (TPSA) is 29.1 Å². The number of amides is 1. The van der Waals surface area contributed by atoms with Crippen molar-refractivity contribution in [1.29, 1.82) is 0 Å². The zero-order chi connectivity index (χ0) is 13.2. The van der Waals surface area contributed by atoms with Crippen LogP contribution < -0.4 is 5.32 Å². The van der Waals surface area contributed by atoms with Crippen LogP contribution in [-0.2, 0) is 0 Å². The summed E-state index contributed by atoms with van der Waals surface area (Å²) >= 11 is 12.8. The van der Waals surface area contributed by atoms with Gasteiger partial charge in [0.25, 0.3) is 5.91 Å². The minimum Gasteiger partial charge on any atom is -0.346 e. The molecule has 2 rings (SSSR count). The normalized spacial score (nSPS) is 17.7. The lowest BCUT2D eigenvalue weighted by Gasteiger charge is -2.28. The molecule has 0 radical (unpaired) electrons. The van der Waals surface area contributed by atoms with Gasteiger partial charge in [-0.2, -0.15) is 0 Å². The van der Waals surface area contributed by atoms with Gasteiger partial charge >= 0.3 is 0 Å². The maximum Gasteiger partial charge on any atom is 0.251 e. The van der Waals surface area contributed by atoms with Crippen molar-refractivity contribution in [3.05, 3.63) is 33.3 Å². The summed E-state index contributed by atoms with van der Waals surface area (Å²) in [6.45, 7) is 0. The zero-order valence-electron chi connectivity index (χ0n) is 9.81. The number of hydrogen-bond donors (Lipinski definition) is 1. The molecule has 0 bridgehead atoms. The molecule has 1 aromatic rings. The molecule has 1 aliphatic carbocycles. The lowest BCUT2D eigenvalue weighted by atomic mass is 10.00. The molecule has 0 saturated heterocycles. The van der Waals surface area contributed by atoms with E-state index < -0.39 is 0 Å². The third-order valence-electron chi connectivity index (χ3n) is 3.38. The Morgan fingerprint density at radius 3 is 2.61 bits per heavy atom.